The lowest BCUT2D eigenvalue weighted by Crippen LogP contribution is -2.13. The molecule has 0 bridgehead atoms. The Morgan fingerprint density at radius 3 is 2.33 bits per heavy atom. The Labute approximate surface area is 190 Å². The van der Waals surface area contributed by atoms with Gasteiger partial charge in [0.05, 0.1) is 5.03 Å². The Bertz CT molecular complexity index is 1030. The van der Waals surface area contributed by atoms with Gasteiger partial charge in [-0.25, -0.2) is 4.79 Å². The van der Waals surface area contributed by atoms with E-state index in [0.29, 0.717) is 22.3 Å². The van der Waals surface area contributed by atoms with Gasteiger partial charge in [0.1, 0.15) is 6.61 Å². The molecule has 0 radical (unpaired) electrons. The average Bonchev–Trinajstić information content (AvgIpc) is 2.98. The van der Waals surface area contributed by atoms with Gasteiger partial charge in [0.2, 0.25) is 0 Å². The van der Waals surface area contributed by atoms with E-state index >= 15 is 0 Å². The van der Waals surface area contributed by atoms with E-state index in [1.165, 1.54) is 0 Å². The molecule has 0 unspecified atom stereocenters. The van der Waals surface area contributed by atoms with Crippen LogP contribution in [0.3, 0.4) is 0 Å². The van der Waals surface area contributed by atoms with Gasteiger partial charge in [0, 0.05) is 38.9 Å². The molecule has 0 aliphatic rings. The summed E-state index contributed by atoms with van der Waals surface area (Å²) in [5.41, 5.74) is 14.8. The number of ether oxygens (including phenoxy) is 1. The minimum absolute atomic E-state index is 0.113. The number of primary amides is 1. The Kier molecular flexibility index (Phi) is 7.23. The van der Waals surface area contributed by atoms with E-state index in [1.54, 1.807) is 17.8 Å². The average molecular weight is 464 g/mol. The molecule has 2 aromatic carbocycles. The summed E-state index contributed by atoms with van der Waals surface area (Å²) in [5, 5.41) is 2.18. The third-order valence-electron chi connectivity index (χ3n) is 4.48. The molecule has 0 atom stereocenters. The smallest absolute Gasteiger partial charge is 0.404 e. The van der Waals surface area contributed by atoms with Crippen LogP contribution in [0.4, 0.5) is 10.5 Å². The van der Waals surface area contributed by atoms with Crippen molar-refractivity contribution < 1.29 is 9.53 Å². The molecule has 0 fully saturated rings. The summed E-state index contributed by atoms with van der Waals surface area (Å²) < 4.78 is 7.24. The summed E-state index contributed by atoms with van der Waals surface area (Å²) in [6.07, 6.45) is 1.20. The van der Waals surface area contributed by atoms with Gasteiger partial charge in [0.15, 0.2) is 0 Å². The van der Waals surface area contributed by atoms with Crippen LogP contribution in [-0.2, 0) is 17.9 Å². The van der Waals surface area contributed by atoms with Crippen molar-refractivity contribution in [3.8, 4) is 0 Å². The van der Waals surface area contributed by atoms with E-state index < -0.39 is 6.09 Å². The number of nitrogen functional groups attached to an aromatic ring is 1. The molecule has 0 spiro atoms. The first-order valence-corrected chi connectivity index (χ1v) is 10.9. The van der Waals surface area contributed by atoms with Crippen LogP contribution in [0.1, 0.15) is 36.5 Å². The van der Waals surface area contributed by atoms with E-state index in [1.807, 2.05) is 42.6 Å². The number of rotatable bonds is 7. The lowest BCUT2D eigenvalue weighted by molar-refractivity contribution is 0.150. The van der Waals surface area contributed by atoms with Crippen molar-refractivity contribution in [2.45, 2.75) is 42.8 Å². The highest BCUT2D eigenvalue weighted by atomic mass is 35.5. The minimum Gasteiger partial charge on any atom is -0.445 e. The normalized spacial score (nSPS) is 11.1. The molecular formula is C22H23Cl2N3O2S. The highest BCUT2D eigenvalue weighted by Crippen LogP contribution is 2.39. The summed E-state index contributed by atoms with van der Waals surface area (Å²) in [7, 11) is 0. The molecule has 0 aliphatic carbocycles. The monoisotopic (exact) mass is 463 g/mol. The lowest BCUT2D eigenvalue weighted by atomic mass is 10.0. The second kappa shape index (κ2) is 9.69. The summed E-state index contributed by atoms with van der Waals surface area (Å²) in [4.78, 5) is 12.1. The Morgan fingerprint density at radius 2 is 1.77 bits per heavy atom. The van der Waals surface area contributed by atoms with Crippen molar-refractivity contribution in [1.29, 1.82) is 0 Å². The van der Waals surface area contributed by atoms with Gasteiger partial charge in [-0.15, -0.1) is 0 Å². The summed E-state index contributed by atoms with van der Waals surface area (Å²) in [6.45, 7) is 4.95. The number of halogens is 2. The molecule has 8 heteroatoms. The Morgan fingerprint density at radius 1 is 1.13 bits per heavy atom. The number of nitrogens with zero attached hydrogens (tertiary/aromatic N) is 1. The fourth-order valence-corrected chi connectivity index (χ4v) is 5.20. The minimum atomic E-state index is -0.799. The number of benzene rings is 2. The van der Waals surface area contributed by atoms with Gasteiger partial charge in [-0.05, 0) is 47.4 Å². The molecule has 0 saturated heterocycles. The van der Waals surface area contributed by atoms with Crippen LogP contribution in [0.2, 0.25) is 10.0 Å². The van der Waals surface area contributed by atoms with E-state index in [2.05, 4.69) is 18.4 Å². The molecule has 1 aromatic heterocycles. The number of carbonyl (C=O) groups excluding carboxylic acids is 1. The van der Waals surface area contributed by atoms with Crippen molar-refractivity contribution in [2.75, 3.05) is 5.73 Å². The van der Waals surface area contributed by atoms with Gasteiger partial charge in [-0.2, -0.15) is 0 Å². The Hall–Kier alpha value is -2.28. The van der Waals surface area contributed by atoms with E-state index in [4.69, 9.17) is 39.4 Å². The van der Waals surface area contributed by atoms with Crippen LogP contribution in [0.25, 0.3) is 0 Å². The van der Waals surface area contributed by atoms with Crippen LogP contribution in [-0.4, -0.2) is 10.7 Å². The zero-order valence-electron chi connectivity index (χ0n) is 16.7. The number of anilines is 1. The maximum atomic E-state index is 11.2. The van der Waals surface area contributed by atoms with Crippen LogP contribution in [0.5, 0.6) is 0 Å². The first-order chi connectivity index (χ1) is 14.2. The zero-order valence-corrected chi connectivity index (χ0v) is 19.0. The first kappa shape index (κ1) is 22.4. The molecule has 0 saturated carbocycles. The first-order valence-electron chi connectivity index (χ1n) is 9.35. The highest BCUT2D eigenvalue weighted by Gasteiger charge is 2.21. The van der Waals surface area contributed by atoms with Gasteiger partial charge < -0.3 is 20.8 Å². The van der Waals surface area contributed by atoms with Crippen LogP contribution in [0.15, 0.2) is 58.6 Å². The van der Waals surface area contributed by atoms with Crippen molar-refractivity contribution >= 4 is 46.7 Å². The van der Waals surface area contributed by atoms with Gasteiger partial charge in [0.25, 0.3) is 0 Å². The number of amides is 1. The number of nitrogens with two attached hydrogens (primary N) is 2. The van der Waals surface area contributed by atoms with E-state index in [-0.39, 0.29) is 12.5 Å². The van der Waals surface area contributed by atoms with Crippen molar-refractivity contribution in [2.24, 2.45) is 5.73 Å². The predicted molar refractivity (Wildman–Crippen MR) is 123 cm³/mol. The molecule has 3 rings (SSSR count). The number of hydrogen-bond acceptors (Lipinski definition) is 4. The van der Waals surface area contributed by atoms with Gasteiger partial charge in [-0.3, -0.25) is 0 Å². The molecule has 5 nitrogen and oxygen atoms in total. The van der Waals surface area contributed by atoms with Gasteiger partial charge in [-0.1, -0.05) is 60.9 Å². The number of hydrogen-bond donors (Lipinski definition) is 2. The maximum absolute atomic E-state index is 11.2. The second-order valence-corrected chi connectivity index (χ2v) is 9.15. The van der Waals surface area contributed by atoms with Crippen molar-refractivity contribution in [3.63, 3.8) is 0 Å². The lowest BCUT2D eigenvalue weighted by Gasteiger charge is -2.14. The van der Waals surface area contributed by atoms with E-state index in [9.17, 15) is 4.79 Å². The predicted octanol–water partition coefficient (Wildman–Crippen LogP) is 6.30. The molecule has 3 aromatic rings. The molecule has 30 heavy (non-hydrogen) atoms. The van der Waals surface area contributed by atoms with Crippen LogP contribution in [0, 0.1) is 0 Å². The molecule has 0 aliphatic heterocycles. The number of carbonyl (C=O) groups is 1. The van der Waals surface area contributed by atoms with Crippen LogP contribution < -0.4 is 11.5 Å². The molecule has 1 amide bonds. The largest absolute Gasteiger partial charge is 0.445 e. The highest BCUT2D eigenvalue weighted by molar-refractivity contribution is 7.99. The Balaban J connectivity index is 2.06. The molecule has 4 N–H and O–H groups in total. The van der Waals surface area contributed by atoms with Gasteiger partial charge >= 0.3 is 6.09 Å². The second-order valence-electron chi connectivity index (χ2n) is 7.21. The fraction of sp³-hybridized carbons (Fsp3) is 0.227. The summed E-state index contributed by atoms with van der Waals surface area (Å²) in [5.74, 6) is 0.196. The molecule has 1 heterocycles. The zero-order chi connectivity index (χ0) is 21.8. The third-order valence-corrected chi connectivity index (χ3v) is 6.04. The maximum Gasteiger partial charge on any atom is 0.404 e. The third kappa shape index (κ3) is 5.65. The topological polar surface area (TPSA) is 83.3 Å². The quantitative estimate of drug-likeness (QED) is 0.402. The molecule has 158 valence electrons. The van der Waals surface area contributed by atoms with Crippen molar-refractivity contribution in [1.82, 2.24) is 4.57 Å². The van der Waals surface area contributed by atoms with E-state index in [0.717, 1.165) is 26.6 Å². The van der Waals surface area contributed by atoms with Crippen LogP contribution >= 0.6 is 35.0 Å². The fourth-order valence-electron chi connectivity index (χ4n) is 3.24. The SMILES string of the molecule is CC(C)c1c(COC(N)=O)cn(Cc2ccc(N)cc2)c1Sc1cc(Cl)cc(Cl)c1. The number of aromatic nitrogens is 1. The van der Waals surface area contributed by atoms with Crippen molar-refractivity contribution in [3.05, 3.63) is 75.4 Å². The summed E-state index contributed by atoms with van der Waals surface area (Å²) >= 11 is 14.0. The molecular weight excluding hydrogens is 441 g/mol. The summed E-state index contributed by atoms with van der Waals surface area (Å²) in [6, 6.07) is 13.2. The standard InChI is InChI=1S/C22H23Cl2N3O2S/c1-13(2)20-15(12-29-22(26)28)11-27(10-14-3-5-18(25)6-4-14)21(20)30-19-8-16(23)7-17(24)9-19/h3-9,11,13H,10,12,25H2,1-2H3,(H2,26,28).